The molecule has 7 atom stereocenters. The third-order valence-electron chi connectivity index (χ3n) is 8.87. The molecule has 15 N–H and O–H groups in total. The Morgan fingerprint density at radius 2 is 0.746 bits per heavy atom. The van der Waals surface area contributed by atoms with Gasteiger partial charge in [-0.3, -0.25) is 52.7 Å². The van der Waals surface area contributed by atoms with Crippen LogP contribution in [0.25, 0.3) is 0 Å². The van der Waals surface area contributed by atoms with Gasteiger partial charge in [-0.05, 0) is 56.7 Å². The third kappa shape index (κ3) is 21.6. The summed E-state index contributed by atoms with van der Waals surface area (Å²) in [5, 5.41) is 78.1. The molecule has 0 fully saturated rings. The zero-order chi connectivity index (χ0) is 48.0. The lowest BCUT2D eigenvalue weighted by molar-refractivity contribution is -0.142. The zero-order valence-electron chi connectivity index (χ0n) is 33.7. The fourth-order valence-corrected chi connectivity index (χ4v) is 5.40. The number of phenolic OH excluding ortho intramolecular Hbond substituents is 1. The molecule has 0 aliphatic rings. The van der Waals surface area contributed by atoms with Gasteiger partial charge in [-0.25, -0.2) is 4.79 Å². The molecule has 0 aliphatic carbocycles. The van der Waals surface area contributed by atoms with Crippen LogP contribution in [-0.2, 0) is 64.0 Å². The summed E-state index contributed by atoms with van der Waals surface area (Å²) in [5.74, 6) is -15.8. The Bertz CT molecular complexity index is 1860. The smallest absolute Gasteiger partial charge is 0.326 e. The van der Waals surface area contributed by atoms with Crippen LogP contribution in [0.5, 0.6) is 5.75 Å². The SMILES string of the molecule is C[C@H](NC(=O)[C@H](CCC(=O)O)NC(=O)[C@H](CCC(=O)O)NC(=O)[C@H](CCC(=O)O)NC(=O)[C@H](CCC(=O)O)NC(=O)[C@@H](N)CCC(=O)O)C(=O)N[C@@H](Cc1ccc(O)cc1)C(=O)O. The quantitative estimate of drug-likeness (QED) is 0.0358. The molecule has 0 heterocycles. The maximum atomic E-state index is 13.6. The molecule has 0 bridgehead atoms. The van der Waals surface area contributed by atoms with Crippen LogP contribution in [0.4, 0.5) is 0 Å². The summed E-state index contributed by atoms with van der Waals surface area (Å²) in [6, 6.07) is -6.38. The zero-order valence-corrected chi connectivity index (χ0v) is 33.7. The first kappa shape index (κ1) is 53.6. The predicted octanol–water partition coefficient (Wildman–Crippen LogP) is -3.40. The van der Waals surface area contributed by atoms with E-state index in [-0.39, 0.29) is 18.6 Å². The van der Waals surface area contributed by atoms with Crippen LogP contribution >= 0.6 is 0 Å². The fourth-order valence-electron chi connectivity index (χ4n) is 5.40. The van der Waals surface area contributed by atoms with Gasteiger partial charge in [-0.1, -0.05) is 12.1 Å². The molecule has 1 aromatic carbocycles. The van der Waals surface area contributed by atoms with Gasteiger partial charge >= 0.3 is 35.8 Å². The number of hydrogen-bond donors (Lipinski definition) is 14. The topological polar surface area (TPSA) is 445 Å². The van der Waals surface area contributed by atoms with Gasteiger partial charge in [-0.2, -0.15) is 0 Å². The van der Waals surface area contributed by atoms with Crippen LogP contribution in [0.3, 0.4) is 0 Å². The number of carboxylic acid groups (broad SMARTS) is 6. The van der Waals surface area contributed by atoms with Gasteiger partial charge < -0.3 is 73.4 Å². The van der Waals surface area contributed by atoms with Crippen molar-refractivity contribution in [2.45, 2.75) is 120 Å². The normalized spacial score (nSPS) is 14.1. The number of rotatable bonds is 30. The standard InChI is InChI=1S/C37H51N7O19/c1-17(31(56)44-25(37(62)63)16-18-2-4-19(45)5-3-18)39-33(58)21(7-12-27(48)49)41-35(60)23(9-14-29(52)53)43-36(61)24(10-15-30(54)55)42-34(59)22(8-13-28(50)51)40-32(57)20(38)6-11-26(46)47/h2-5,17,20-25,45H,6-16,38H2,1H3,(H,39,58)(H,40,57)(H,41,60)(H,42,59)(H,43,61)(H,44,56)(H,46,47)(H,48,49)(H,50,51)(H,52,53)(H,54,55)(H,62,63)/t17-,20-,21-,22-,23-,24-,25-/m0/s1. The van der Waals surface area contributed by atoms with Crippen molar-refractivity contribution < 1.29 is 93.3 Å². The number of nitrogens with one attached hydrogen (secondary N) is 6. The van der Waals surface area contributed by atoms with Crippen LogP contribution in [0.15, 0.2) is 24.3 Å². The van der Waals surface area contributed by atoms with Crippen molar-refractivity contribution in [1.82, 2.24) is 31.9 Å². The third-order valence-corrected chi connectivity index (χ3v) is 8.87. The molecule has 0 spiro atoms. The highest BCUT2D eigenvalue weighted by molar-refractivity contribution is 5.97. The van der Waals surface area contributed by atoms with E-state index in [1.165, 1.54) is 24.3 Å². The maximum absolute atomic E-state index is 13.6. The molecule has 63 heavy (non-hydrogen) atoms. The van der Waals surface area contributed by atoms with Gasteiger partial charge in [0.25, 0.3) is 0 Å². The summed E-state index contributed by atoms with van der Waals surface area (Å²) < 4.78 is 0. The minimum Gasteiger partial charge on any atom is -0.508 e. The van der Waals surface area contributed by atoms with Gasteiger partial charge in [0.15, 0.2) is 0 Å². The largest absolute Gasteiger partial charge is 0.508 e. The lowest BCUT2D eigenvalue weighted by Gasteiger charge is -2.27. The van der Waals surface area contributed by atoms with Crippen molar-refractivity contribution in [3.05, 3.63) is 29.8 Å². The first-order valence-electron chi connectivity index (χ1n) is 19.1. The van der Waals surface area contributed by atoms with E-state index in [0.717, 1.165) is 6.92 Å². The van der Waals surface area contributed by atoms with Gasteiger partial charge in [0, 0.05) is 38.5 Å². The number of phenols is 1. The second kappa shape index (κ2) is 26.7. The monoisotopic (exact) mass is 897 g/mol. The number of carbonyl (C=O) groups is 12. The highest BCUT2D eigenvalue weighted by Crippen LogP contribution is 2.12. The first-order chi connectivity index (χ1) is 29.4. The van der Waals surface area contributed by atoms with Crippen LogP contribution in [-0.4, -0.2) is 149 Å². The van der Waals surface area contributed by atoms with Crippen LogP contribution in [0.1, 0.15) is 76.7 Å². The van der Waals surface area contributed by atoms with E-state index in [1.54, 1.807) is 0 Å². The minimum absolute atomic E-state index is 0.0985. The molecule has 0 unspecified atom stereocenters. The lowest BCUT2D eigenvalue weighted by Crippen LogP contribution is -2.59. The van der Waals surface area contributed by atoms with Gasteiger partial charge in [0.2, 0.25) is 35.4 Å². The van der Waals surface area contributed by atoms with E-state index in [4.69, 9.17) is 10.8 Å². The predicted molar refractivity (Wildman–Crippen MR) is 209 cm³/mol. The first-order valence-corrected chi connectivity index (χ1v) is 19.1. The van der Waals surface area contributed by atoms with E-state index in [9.17, 15) is 88.2 Å². The van der Waals surface area contributed by atoms with Gasteiger partial charge in [0.1, 0.15) is 42.0 Å². The molecule has 6 amide bonds. The van der Waals surface area contributed by atoms with Crippen LogP contribution in [0, 0.1) is 0 Å². The van der Waals surface area contributed by atoms with Crippen molar-refractivity contribution in [3.8, 4) is 5.75 Å². The number of hydrogen-bond acceptors (Lipinski definition) is 14. The Balaban J connectivity index is 3.33. The summed E-state index contributed by atoms with van der Waals surface area (Å²) in [7, 11) is 0. The van der Waals surface area contributed by atoms with Crippen molar-refractivity contribution in [1.29, 1.82) is 0 Å². The van der Waals surface area contributed by atoms with Crippen molar-refractivity contribution >= 4 is 71.3 Å². The maximum Gasteiger partial charge on any atom is 0.326 e. The Morgan fingerprint density at radius 1 is 0.444 bits per heavy atom. The van der Waals surface area contributed by atoms with Crippen LogP contribution in [0.2, 0.25) is 0 Å². The Hall–Kier alpha value is -7.38. The summed E-state index contributed by atoms with van der Waals surface area (Å²) >= 11 is 0. The van der Waals surface area contributed by atoms with E-state index >= 15 is 0 Å². The molecule has 0 saturated heterocycles. The van der Waals surface area contributed by atoms with Gasteiger partial charge in [0.05, 0.1) is 6.04 Å². The number of aromatic hydroxyl groups is 1. The van der Waals surface area contributed by atoms with Crippen molar-refractivity contribution in [2.24, 2.45) is 5.73 Å². The molecule has 1 aromatic rings. The minimum atomic E-state index is -1.88. The van der Waals surface area contributed by atoms with E-state index in [0.29, 0.717) is 5.56 Å². The number of benzene rings is 1. The molecule has 348 valence electrons. The number of nitrogens with two attached hydrogens (primary N) is 1. The summed E-state index contributed by atoms with van der Waals surface area (Å²) in [6.07, 6.45) is -6.91. The highest BCUT2D eigenvalue weighted by atomic mass is 16.4. The second-order valence-electron chi connectivity index (χ2n) is 14.0. The Morgan fingerprint density at radius 3 is 1.08 bits per heavy atom. The summed E-state index contributed by atoms with van der Waals surface area (Å²) in [6.45, 7) is 1.13. The van der Waals surface area contributed by atoms with E-state index < -0.39 is 171 Å². The fraction of sp³-hybridized carbons (Fsp3) is 0.514. The molecular formula is C37H51N7O19. The molecule has 0 radical (unpaired) electrons. The Labute approximate surface area is 357 Å². The number of carbonyl (C=O) groups excluding carboxylic acids is 6. The Kier molecular flexibility index (Phi) is 22.8. The molecular weight excluding hydrogens is 846 g/mol. The average molecular weight is 898 g/mol. The van der Waals surface area contributed by atoms with Crippen molar-refractivity contribution in [2.75, 3.05) is 0 Å². The second-order valence-corrected chi connectivity index (χ2v) is 14.0. The lowest BCUT2D eigenvalue weighted by atomic mass is 10.0. The number of aliphatic carboxylic acids is 6. The molecule has 0 aliphatic heterocycles. The number of carboxylic acids is 6. The van der Waals surface area contributed by atoms with E-state index in [1.807, 2.05) is 0 Å². The molecule has 0 saturated carbocycles. The van der Waals surface area contributed by atoms with E-state index in [2.05, 4.69) is 31.9 Å². The molecule has 26 nitrogen and oxygen atoms in total. The van der Waals surface area contributed by atoms with Crippen molar-refractivity contribution in [3.63, 3.8) is 0 Å². The van der Waals surface area contributed by atoms with Crippen LogP contribution < -0.4 is 37.6 Å². The number of amides is 6. The average Bonchev–Trinajstić information content (AvgIpc) is 3.19. The molecule has 26 heteroatoms. The molecule has 0 aromatic heterocycles. The van der Waals surface area contributed by atoms with Gasteiger partial charge in [-0.15, -0.1) is 0 Å². The summed E-state index contributed by atoms with van der Waals surface area (Å²) in [4.78, 5) is 148. The molecule has 1 rings (SSSR count). The summed E-state index contributed by atoms with van der Waals surface area (Å²) in [5.41, 5.74) is 6.09. The highest BCUT2D eigenvalue weighted by Gasteiger charge is 2.34.